The summed E-state index contributed by atoms with van der Waals surface area (Å²) < 4.78 is 10.9. The Bertz CT molecular complexity index is 513. The first-order valence-corrected chi connectivity index (χ1v) is 6.09. The first-order chi connectivity index (χ1) is 8.60. The van der Waals surface area contributed by atoms with E-state index in [4.69, 9.17) is 13.9 Å². The lowest BCUT2D eigenvalue weighted by atomic mass is 10.1. The molecule has 18 heavy (non-hydrogen) atoms. The molecule has 0 bridgehead atoms. The van der Waals surface area contributed by atoms with Crippen LogP contribution < -0.4 is 5.32 Å². The smallest absolute Gasteiger partial charge is 0.129 e. The second-order valence-corrected chi connectivity index (χ2v) is 4.50. The van der Waals surface area contributed by atoms with E-state index in [0.717, 1.165) is 17.3 Å². The molecule has 4 heteroatoms. The highest BCUT2D eigenvalue weighted by Crippen LogP contribution is 2.21. The largest absolute Gasteiger partial charge is 0.466 e. The Morgan fingerprint density at radius 3 is 2.50 bits per heavy atom. The minimum Gasteiger partial charge on any atom is -0.466 e. The summed E-state index contributed by atoms with van der Waals surface area (Å²) in [7, 11) is 0. The predicted octanol–water partition coefficient (Wildman–Crippen LogP) is 2.83. The first-order valence-electron chi connectivity index (χ1n) is 6.09. The molecule has 4 nitrogen and oxygen atoms in total. The van der Waals surface area contributed by atoms with Crippen molar-refractivity contribution in [1.82, 2.24) is 5.32 Å². The number of aliphatic hydroxyl groups excluding tert-OH is 1. The average molecular weight is 249 g/mol. The van der Waals surface area contributed by atoms with Crippen molar-refractivity contribution in [3.8, 4) is 0 Å². The van der Waals surface area contributed by atoms with Crippen LogP contribution in [0.2, 0.25) is 0 Å². The number of aliphatic hydroxyl groups is 1. The molecule has 0 saturated carbocycles. The van der Waals surface area contributed by atoms with E-state index >= 15 is 0 Å². The lowest BCUT2D eigenvalue weighted by molar-refractivity contribution is 0.242. The van der Waals surface area contributed by atoms with Crippen LogP contribution in [0.5, 0.6) is 0 Å². The average Bonchev–Trinajstić information content (AvgIpc) is 2.92. The number of hydrogen-bond donors (Lipinski definition) is 2. The standard InChI is InChI=1S/C14H19NO3/c1-9-6-14(11(3)17-9)10(2)15-7-12-4-5-13(8-16)18-12/h4-6,10,15-16H,7-8H2,1-3H3. The van der Waals surface area contributed by atoms with Crippen LogP contribution in [0, 0.1) is 13.8 Å². The molecule has 1 atom stereocenters. The van der Waals surface area contributed by atoms with Crippen LogP contribution in [-0.4, -0.2) is 5.11 Å². The molecular weight excluding hydrogens is 230 g/mol. The van der Waals surface area contributed by atoms with Crippen molar-refractivity contribution in [2.45, 2.75) is 40.0 Å². The second kappa shape index (κ2) is 5.42. The minimum atomic E-state index is -0.0599. The fraction of sp³-hybridized carbons (Fsp3) is 0.429. The van der Waals surface area contributed by atoms with Crippen LogP contribution in [0.1, 0.15) is 41.6 Å². The Morgan fingerprint density at radius 1 is 1.22 bits per heavy atom. The van der Waals surface area contributed by atoms with Gasteiger partial charge in [0.15, 0.2) is 0 Å². The Labute approximate surface area is 107 Å². The van der Waals surface area contributed by atoms with Gasteiger partial charge in [-0.25, -0.2) is 0 Å². The topological polar surface area (TPSA) is 58.5 Å². The fourth-order valence-corrected chi connectivity index (χ4v) is 2.05. The zero-order valence-corrected chi connectivity index (χ0v) is 11.0. The molecule has 2 rings (SSSR count). The number of rotatable bonds is 5. The van der Waals surface area contributed by atoms with Crippen LogP contribution in [0.4, 0.5) is 0 Å². The molecule has 2 N–H and O–H groups in total. The van der Waals surface area contributed by atoms with Gasteiger partial charge >= 0.3 is 0 Å². The lowest BCUT2D eigenvalue weighted by Crippen LogP contribution is -2.17. The summed E-state index contributed by atoms with van der Waals surface area (Å²) >= 11 is 0. The number of nitrogens with one attached hydrogen (secondary N) is 1. The molecule has 98 valence electrons. The van der Waals surface area contributed by atoms with E-state index in [1.807, 2.05) is 26.0 Å². The molecule has 1 unspecified atom stereocenters. The fourth-order valence-electron chi connectivity index (χ4n) is 2.05. The summed E-state index contributed by atoms with van der Waals surface area (Å²) in [6.07, 6.45) is 0. The molecule has 0 radical (unpaired) electrons. The summed E-state index contributed by atoms with van der Waals surface area (Å²) in [5, 5.41) is 12.3. The van der Waals surface area contributed by atoms with E-state index < -0.39 is 0 Å². The molecular formula is C14H19NO3. The van der Waals surface area contributed by atoms with Crippen LogP contribution >= 0.6 is 0 Å². The molecule has 0 spiro atoms. The van der Waals surface area contributed by atoms with E-state index in [1.54, 1.807) is 6.07 Å². The SMILES string of the molecule is Cc1cc(C(C)NCc2ccc(CO)o2)c(C)o1. The van der Waals surface area contributed by atoms with Gasteiger partial charge in [0.25, 0.3) is 0 Å². The molecule has 0 amide bonds. The molecule has 0 aliphatic carbocycles. The third-order valence-electron chi connectivity index (χ3n) is 3.00. The van der Waals surface area contributed by atoms with E-state index in [1.165, 1.54) is 5.56 Å². The van der Waals surface area contributed by atoms with Gasteiger partial charge in [0.2, 0.25) is 0 Å². The van der Waals surface area contributed by atoms with Crippen LogP contribution in [0.25, 0.3) is 0 Å². The van der Waals surface area contributed by atoms with Crippen molar-refractivity contribution in [1.29, 1.82) is 0 Å². The van der Waals surface area contributed by atoms with E-state index in [2.05, 4.69) is 12.2 Å². The minimum absolute atomic E-state index is 0.0599. The molecule has 0 fully saturated rings. The van der Waals surface area contributed by atoms with Gasteiger partial charge in [-0.3, -0.25) is 0 Å². The van der Waals surface area contributed by atoms with Crippen molar-refractivity contribution < 1.29 is 13.9 Å². The third kappa shape index (κ3) is 2.83. The van der Waals surface area contributed by atoms with Crippen molar-refractivity contribution in [3.05, 3.63) is 46.8 Å². The molecule has 2 aromatic heterocycles. The third-order valence-corrected chi connectivity index (χ3v) is 3.00. The van der Waals surface area contributed by atoms with E-state index in [-0.39, 0.29) is 12.6 Å². The molecule has 2 heterocycles. The highest BCUT2D eigenvalue weighted by Gasteiger charge is 2.12. The molecule has 0 aromatic carbocycles. The van der Waals surface area contributed by atoms with Gasteiger partial charge in [-0.05, 0) is 39.0 Å². The van der Waals surface area contributed by atoms with Crippen LogP contribution in [0.3, 0.4) is 0 Å². The first kappa shape index (κ1) is 12.9. The molecule has 0 aliphatic heterocycles. The number of furan rings is 2. The number of aryl methyl sites for hydroxylation is 2. The van der Waals surface area contributed by atoms with Crippen LogP contribution in [-0.2, 0) is 13.2 Å². The maximum absolute atomic E-state index is 8.92. The van der Waals surface area contributed by atoms with Gasteiger partial charge in [-0.1, -0.05) is 0 Å². The van der Waals surface area contributed by atoms with Crippen molar-refractivity contribution in [3.63, 3.8) is 0 Å². The lowest BCUT2D eigenvalue weighted by Gasteiger charge is -2.11. The van der Waals surface area contributed by atoms with Crippen molar-refractivity contribution >= 4 is 0 Å². The zero-order valence-electron chi connectivity index (χ0n) is 11.0. The predicted molar refractivity (Wildman–Crippen MR) is 68.1 cm³/mol. The normalized spacial score (nSPS) is 12.9. The highest BCUT2D eigenvalue weighted by atomic mass is 16.4. The molecule has 0 saturated heterocycles. The highest BCUT2D eigenvalue weighted by molar-refractivity contribution is 5.23. The Balaban J connectivity index is 1.95. The van der Waals surface area contributed by atoms with Crippen molar-refractivity contribution in [2.24, 2.45) is 0 Å². The molecule has 0 aliphatic rings. The van der Waals surface area contributed by atoms with E-state index in [0.29, 0.717) is 12.3 Å². The van der Waals surface area contributed by atoms with Gasteiger partial charge in [-0.15, -0.1) is 0 Å². The number of hydrogen-bond acceptors (Lipinski definition) is 4. The molecule has 2 aromatic rings. The summed E-state index contributed by atoms with van der Waals surface area (Å²) in [6, 6.07) is 5.91. The van der Waals surface area contributed by atoms with Gasteiger partial charge in [0.05, 0.1) is 6.54 Å². The zero-order chi connectivity index (χ0) is 13.1. The maximum Gasteiger partial charge on any atom is 0.129 e. The van der Waals surface area contributed by atoms with Gasteiger partial charge in [0.1, 0.15) is 29.6 Å². The van der Waals surface area contributed by atoms with E-state index in [9.17, 15) is 0 Å². The van der Waals surface area contributed by atoms with Crippen LogP contribution in [0.15, 0.2) is 27.0 Å². The maximum atomic E-state index is 8.92. The Kier molecular flexibility index (Phi) is 3.89. The summed E-state index contributed by atoms with van der Waals surface area (Å²) in [5.74, 6) is 3.29. The summed E-state index contributed by atoms with van der Waals surface area (Å²) in [4.78, 5) is 0. The quantitative estimate of drug-likeness (QED) is 0.855. The summed E-state index contributed by atoms with van der Waals surface area (Å²) in [5.41, 5.74) is 1.17. The van der Waals surface area contributed by atoms with Gasteiger partial charge in [0, 0.05) is 11.6 Å². The monoisotopic (exact) mass is 249 g/mol. The van der Waals surface area contributed by atoms with Crippen molar-refractivity contribution in [2.75, 3.05) is 0 Å². The Morgan fingerprint density at radius 2 is 1.94 bits per heavy atom. The van der Waals surface area contributed by atoms with Gasteiger partial charge < -0.3 is 19.3 Å². The van der Waals surface area contributed by atoms with Gasteiger partial charge in [-0.2, -0.15) is 0 Å². The second-order valence-electron chi connectivity index (χ2n) is 4.50. The Hall–Kier alpha value is -1.52. The summed E-state index contributed by atoms with van der Waals surface area (Å²) in [6.45, 7) is 6.58.